The molecule has 0 radical (unpaired) electrons. The number of hydrogen-bond donors (Lipinski definition) is 3. The summed E-state index contributed by atoms with van der Waals surface area (Å²) in [6.07, 6.45) is 9.08. The number of hydrogen-bond acceptors (Lipinski definition) is 4. The molecule has 80 valence electrons. The largest absolute Gasteiger partial charge is 0.391 e. The molecule has 0 amide bonds. The molecule has 1 rings (SSSR count). The van der Waals surface area contributed by atoms with E-state index >= 15 is 0 Å². The Kier molecular flexibility index (Phi) is 4.23. The normalized spacial score (nSPS) is 9.53. The van der Waals surface area contributed by atoms with Crippen molar-refractivity contribution < 1.29 is 0 Å². The lowest BCUT2D eigenvalue weighted by Gasteiger charge is -2.05. The molecular formula is C10H14N4O. The molecule has 0 saturated carbocycles. The number of aromatic nitrogens is 2. The van der Waals surface area contributed by atoms with Crippen LogP contribution in [0.15, 0.2) is 11.1 Å². The quantitative estimate of drug-likeness (QED) is 0.485. The number of rotatable bonds is 5. The van der Waals surface area contributed by atoms with Crippen LogP contribution in [0.2, 0.25) is 0 Å². The Morgan fingerprint density at radius 1 is 1.60 bits per heavy atom. The standard InChI is InChI=1S/C10H14N4O/c1-2-3-4-5-6-12-9-8(11)10(15)14-7-13-9/h1,7H,3-6,11H2,(H2,12,13,14,15). The van der Waals surface area contributed by atoms with E-state index in [1.54, 1.807) is 0 Å². The number of H-pyrrole nitrogens is 1. The summed E-state index contributed by atoms with van der Waals surface area (Å²) in [6, 6.07) is 0. The van der Waals surface area contributed by atoms with Crippen LogP contribution < -0.4 is 16.6 Å². The monoisotopic (exact) mass is 206 g/mol. The van der Waals surface area contributed by atoms with Crippen molar-refractivity contribution >= 4 is 11.5 Å². The first-order valence-electron chi connectivity index (χ1n) is 4.76. The third-order valence-electron chi connectivity index (χ3n) is 1.93. The zero-order chi connectivity index (χ0) is 11.1. The van der Waals surface area contributed by atoms with E-state index in [1.165, 1.54) is 6.33 Å². The van der Waals surface area contributed by atoms with E-state index in [4.69, 9.17) is 12.2 Å². The molecule has 0 fully saturated rings. The zero-order valence-corrected chi connectivity index (χ0v) is 8.42. The van der Waals surface area contributed by atoms with Gasteiger partial charge in [-0.1, -0.05) is 0 Å². The van der Waals surface area contributed by atoms with E-state index in [1.807, 2.05) is 0 Å². The van der Waals surface area contributed by atoms with Crippen LogP contribution in [0.5, 0.6) is 0 Å². The van der Waals surface area contributed by atoms with E-state index in [2.05, 4.69) is 21.2 Å². The minimum atomic E-state index is -0.323. The predicted octanol–water partition coefficient (Wildman–Crippen LogP) is 0.568. The van der Waals surface area contributed by atoms with Gasteiger partial charge in [-0.05, 0) is 12.8 Å². The lowest BCUT2D eigenvalue weighted by Crippen LogP contribution is -2.16. The van der Waals surface area contributed by atoms with Crippen molar-refractivity contribution in [3.05, 3.63) is 16.7 Å². The molecule has 0 unspecified atom stereocenters. The molecule has 0 bridgehead atoms. The molecule has 5 heteroatoms. The van der Waals surface area contributed by atoms with Gasteiger partial charge in [0.1, 0.15) is 5.69 Å². The van der Waals surface area contributed by atoms with Gasteiger partial charge in [0.05, 0.1) is 6.33 Å². The van der Waals surface area contributed by atoms with Crippen LogP contribution in [0, 0.1) is 12.3 Å². The number of unbranched alkanes of at least 4 members (excludes halogenated alkanes) is 2. The van der Waals surface area contributed by atoms with Crippen molar-refractivity contribution in [2.24, 2.45) is 0 Å². The molecule has 4 N–H and O–H groups in total. The minimum absolute atomic E-state index is 0.120. The van der Waals surface area contributed by atoms with Crippen LogP contribution in [0.25, 0.3) is 0 Å². The highest BCUT2D eigenvalue weighted by molar-refractivity contribution is 5.58. The van der Waals surface area contributed by atoms with Gasteiger partial charge in [-0.2, -0.15) is 0 Å². The molecule has 0 atom stereocenters. The van der Waals surface area contributed by atoms with Crippen molar-refractivity contribution in [2.75, 3.05) is 17.6 Å². The number of terminal acetylenes is 1. The van der Waals surface area contributed by atoms with Crippen molar-refractivity contribution in [3.63, 3.8) is 0 Å². The second-order valence-electron chi connectivity index (χ2n) is 3.08. The topological polar surface area (TPSA) is 83.8 Å². The van der Waals surface area contributed by atoms with Gasteiger partial charge >= 0.3 is 0 Å². The molecule has 0 spiro atoms. The van der Waals surface area contributed by atoms with Crippen LogP contribution in [0.4, 0.5) is 11.5 Å². The Morgan fingerprint density at radius 3 is 3.13 bits per heavy atom. The summed E-state index contributed by atoms with van der Waals surface area (Å²) in [6.45, 7) is 0.711. The molecule has 1 heterocycles. The lowest BCUT2D eigenvalue weighted by atomic mass is 10.2. The number of anilines is 2. The van der Waals surface area contributed by atoms with E-state index < -0.39 is 0 Å². The number of nitrogen functional groups attached to an aromatic ring is 1. The average Bonchev–Trinajstić information content (AvgIpc) is 2.24. The van der Waals surface area contributed by atoms with Crippen LogP contribution in [0.3, 0.4) is 0 Å². The fourth-order valence-corrected chi connectivity index (χ4v) is 1.11. The molecule has 0 aliphatic heterocycles. The maximum atomic E-state index is 11.1. The molecule has 0 aliphatic rings. The van der Waals surface area contributed by atoms with Gasteiger partial charge in [-0.25, -0.2) is 4.98 Å². The van der Waals surface area contributed by atoms with Crippen molar-refractivity contribution in [3.8, 4) is 12.3 Å². The lowest BCUT2D eigenvalue weighted by molar-refractivity contribution is 0.787. The van der Waals surface area contributed by atoms with Gasteiger partial charge < -0.3 is 16.0 Å². The van der Waals surface area contributed by atoms with Gasteiger partial charge in [-0.3, -0.25) is 4.79 Å². The second kappa shape index (κ2) is 5.70. The first kappa shape index (κ1) is 11.1. The maximum absolute atomic E-state index is 11.1. The fraction of sp³-hybridized carbons (Fsp3) is 0.400. The fourth-order valence-electron chi connectivity index (χ4n) is 1.11. The van der Waals surface area contributed by atoms with E-state index in [-0.39, 0.29) is 11.2 Å². The highest BCUT2D eigenvalue weighted by Crippen LogP contribution is 2.07. The number of nitrogens with two attached hydrogens (primary N) is 1. The Hall–Kier alpha value is -1.96. The summed E-state index contributed by atoms with van der Waals surface area (Å²) < 4.78 is 0. The summed E-state index contributed by atoms with van der Waals surface area (Å²) in [4.78, 5) is 17.4. The highest BCUT2D eigenvalue weighted by Gasteiger charge is 2.02. The molecule has 1 aromatic rings. The summed E-state index contributed by atoms with van der Waals surface area (Å²) in [5, 5.41) is 2.99. The highest BCUT2D eigenvalue weighted by atomic mass is 16.1. The first-order valence-corrected chi connectivity index (χ1v) is 4.76. The van der Waals surface area contributed by atoms with Gasteiger partial charge in [0.25, 0.3) is 5.56 Å². The van der Waals surface area contributed by atoms with Gasteiger partial charge in [-0.15, -0.1) is 12.3 Å². The third-order valence-corrected chi connectivity index (χ3v) is 1.93. The summed E-state index contributed by atoms with van der Waals surface area (Å²) in [5.41, 5.74) is 5.32. The molecule has 0 saturated heterocycles. The molecule has 15 heavy (non-hydrogen) atoms. The zero-order valence-electron chi connectivity index (χ0n) is 8.42. The maximum Gasteiger partial charge on any atom is 0.276 e. The molecule has 0 aliphatic carbocycles. The molecule has 5 nitrogen and oxygen atoms in total. The smallest absolute Gasteiger partial charge is 0.276 e. The summed E-state index contributed by atoms with van der Waals surface area (Å²) in [7, 11) is 0. The first-order chi connectivity index (χ1) is 7.25. The van der Waals surface area contributed by atoms with Crippen LogP contribution >= 0.6 is 0 Å². The van der Waals surface area contributed by atoms with Gasteiger partial charge in [0.15, 0.2) is 5.82 Å². The molecule has 1 aromatic heterocycles. The molecular weight excluding hydrogens is 192 g/mol. The Balaban J connectivity index is 2.42. The van der Waals surface area contributed by atoms with Gasteiger partial charge in [0.2, 0.25) is 0 Å². The van der Waals surface area contributed by atoms with Crippen molar-refractivity contribution in [1.82, 2.24) is 9.97 Å². The SMILES string of the molecule is C#CCCCCNc1nc[nH]c(=O)c1N. The Morgan fingerprint density at radius 2 is 2.40 bits per heavy atom. The predicted molar refractivity (Wildman–Crippen MR) is 60.4 cm³/mol. The summed E-state index contributed by atoms with van der Waals surface area (Å²) in [5.74, 6) is 2.99. The number of aromatic amines is 1. The average molecular weight is 206 g/mol. The van der Waals surface area contributed by atoms with E-state index in [0.717, 1.165) is 19.3 Å². The van der Waals surface area contributed by atoms with Crippen LogP contribution in [0.1, 0.15) is 19.3 Å². The van der Waals surface area contributed by atoms with Gasteiger partial charge in [0, 0.05) is 13.0 Å². The molecule has 0 aromatic carbocycles. The second-order valence-corrected chi connectivity index (χ2v) is 3.08. The minimum Gasteiger partial charge on any atom is -0.391 e. The Labute approximate surface area is 88.1 Å². The van der Waals surface area contributed by atoms with Crippen molar-refractivity contribution in [1.29, 1.82) is 0 Å². The number of nitrogens with one attached hydrogen (secondary N) is 2. The van der Waals surface area contributed by atoms with E-state index in [0.29, 0.717) is 12.4 Å². The van der Waals surface area contributed by atoms with Crippen molar-refractivity contribution in [2.45, 2.75) is 19.3 Å². The Bertz CT molecular complexity index is 405. The third kappa shape index (κ3) is 3.35. The van der Waals surface area contributed by atoms with Crippen LogP contribution in [-0.4, -0.2) is 16.5 Å². The van der Waals surface area contributed by atoms with Crippen LogP contribution in [-0.2, 0) is 0 Å². The summed E-state index contributed by atoms with van der Waals surface area (Å²) >= 11 is 0. The van der Waals surface area contributed by atoms with E-state index in [9.17, 15) is 4.79 Å². The number of nitrogens with zero attached hydrogens (tertiary/aromatic N) is 1.